The highest BCUT2D eigenvalue weighted by Crippen LogP contribution is 2.39. The van der Waals surface area contributed by atoms with Crippen molar-refractivity contribution in [3.63, 3.8) is 0 Å². The molecule has 0 aliphatic carbocycles. The number of rotatable bonds is 5. The summed E-state index contributed by atoms with van der Waals surface area (Å²) in [7, 11) is 0. The van der Waals surface area contributed by atoms with Crippen molar-refractivity contribution >= 4 is 0 Å². The highest BCUT2D eigenvalue weighted by molar-refractivity contribution is 5.13. The average Bonchev–Trinajstić information content (AvgIpc) is 2.97. The van der Waals surface area contributed by atoms with Crippen molar-refractivity contribution in [1.29, 1.82) is 0 Å². The van der Waals surface area contributed by atoms with E-state index in [-0.39, 0.29) is 12.6 Å². The predicted molar refractivity (Wildman–Crippen MR) is 78.8 cm³/mol. The zero-order valence-electron chi connectivity index (χ0n) is 12.8. The van der Waals surface area contributed by atoms with Gasteiger partial charge in [0.1, 0.15) is 18.3 Å². The molecule has 3 rings (SSSR count). The zero-order valence-corrected chi connectivity index (χ0v) is 12.8. The topological polar surface area (TPSA) is 83.2 Å². The lowest BCUT2D eigenvalue weighted by Gasteiger charge is -2.28. The van der Waals surface area contributed by atoms with Crippen LogP contribution in [0.5, 0.6) is 0 Å². The normalized spacial score (nSPS) is 34.5. The van der Waals surface area contributed by atoms with Crippen molar-refractivity contribution < 1.29 is 24.1 Å². The number of nitrogens with two attached hydrogens (primary N) is 1. The molecule has 3 N–H and O–H groups in total. The van der Waals surface area contributed by atoms with Crippen molar-refractivity contribution in [2.24, 2.45) is 5.73 Å². The van der Waals surface area contributed by atoms with Crippen LogP contribution < -0.4 is 5.73 Å². The molecule has 22 heavy (non-hydrogen) atoms. The first kappa shape index (κ1) is 15.9. The summed E-state index contributed by atoms with van der Waals surface area (Å²) in [4.78, 5) is 0. The van der Waals surface area contributed by atoms with Gasteiger partial charge >= 0.3 is 0 Å². The van der Waals surface area contributed by atoms with E-state index < -0.39 is 30.4 Å². The number of benzene rings is 1. The van der Waals surface area contributed by atoms with Crippen LogP contribution in [0, 0.1) is 0 Å². The first-order valence-electron chi connectivity index (χ1n) is 7.55. The van der Waals surface area contributed by atoms with Crippen LogP contribution in [0.3, 0.4) is 0 Å². The number of aliphatic hydroxyl groups excluding tert-OH is 1. The summed E-state index contributed by atoms with van der Waals surface area (Å²) in [6, 6.07) is 9.83. The van der Waals surface area contributed by atoms with Gasteiger partial charge in [-0.25, -0.2) is 0 Å². The van der Waals surface area contributed by atoms with E-state index in [0.717, 1.165) is 5.56 Å². The van der Waals surface area contributed by atoms with Crippen LogP contribution in [0.4, 0.5) is 0 Å². The van der Waals surface area contributed by atoms with Gasteiger partial charge in [0.05, 0.1) is 12.7 Å². The Morgan fingerprint density at radius 3 is 2.68 bits per heavy atom. The Labute approximate surface area is 130 Å². The van der Waals surface area contributed by atoms with Crippen LogP contribution in [-0.4, -0.2) is 48.1 Å². The Balaban J connectivity index is 1.71. The molecule has 0 amide bonds. The highest BCUT2D eigenvalue weighted by Gasteiger charge is 2.56. The lowest BCUT2D eigenvalue weighted by Crippen LogP contribution is -2.45. The summed E-state index contributed by atoms with van der Waals surface area (Å²) in [6.07, 6.45) is -2.71. The number of fused-ring (bicyclic) bond motifs is 1. The van der Waals surface area contributed by atoms with E-state index in [9.17, 15) is 5.11 Å². The second-order valence-corrected chi connectivity index (χ2v) is 6.13. The Hall–Kier alpha value is -1.02. The van der Waals surface area contributed by atoms with Crippen molar-refractivity contribution in [3.8, 4) is 0 Å². The third-order valence-electron chi connectivity index (χ3n) is 3.93. The molecule has 5 unspecified atom stereocenters. The lowest BCUT2D eigenvalue weighted by atomic mass is 10.1. The Kier molecular flexibility index (Phi) is 4.49. The Bertz CT molecular complexity index is 495. The van der Waals surface area contributed by atoms with Crippen molar-refractivity contribution in [2.45, 2.75) is 56.9 Å². The summed E-state index contributed by atoms with van der Waals surface area (Å²) in [5.74, 6) is -0.720. The van der Waals surface area contributed by atoms with E-state index in [0.29, 0.717) is 6.61 Å². The fraction of sp³-hybridized carbons (Fsp3) is 0.625. The molecule has 0 bridgehead atoms. The van der Waals surface area contributed by atoms with Crippen molar-refractivity contribution in [3.05, 3.63) is 35.9 Å². The minimum Gasteiger partial charge on any atom is -0.389 e. The van der Waals surface area contributed by atoms with E-state index in [1.165, 1.54) is 0 Å². The van der Waals surface area contributed by atoms with Gasteiger partial charge in [-0.15, -0.1) is 0 Å². The average molecular weight is 309 g/mol. The third-order valence-corrected chi connectivity index (χ3v) is 3.93. The second kappa shape index (κ2) is 6.23. The minimum absolute atomic E-state index is 0.0959. The maximum Gasteiger partial charge on any atom is 0.190 e. The molecule has 1 aromatic carbocycles. The SMILES string of the molecule is CC1(C)OC2OC(C(O)CN)C(OCc3ccccc3)C2O1. The molecule has 0 radical (unpaired) electrons. The molecule has 1 aromatic rings. The van der Waals surface area contributed by atoms with Gasteiger partial charge in [0.2, 0.25) is 0 Å². The molecule has 122 valence electrons. The maximum atomic E-state index is 10.1. The smallest absolute Gasteiger partial charge is 0.190 e. The molecule has 2 heterocycles. The van der Waals surface area contributed by atoms with Crippen LogP contribution in [0.25, 0.3) is 0 Å². The monoisotopic (exact) mass is 309 g/mol. The summed E-state index contributed by atoms with van der Waals surface area (Å²) in [6.45, 7) is 4.17. The molecule has 6 nitrogen and oxygen atoms in total. The van der Waals surface area contributed by atoms with Crippen molar-refractivity contribution in [2.75, 3.05) is 6.54 Å². The van der Waals surface area contributed by atoms with Crippen LogP contribution in [0.15, 0.2) is 30.3 Å². The molecule has 2 aliphatic heterocycles. The van der Waals surface area contributed by atoms with E-state index in [1.807, 2.05) is 44.2 Å². The van der Waals surface area contributed by atoms with E-state index in [2.05, 4.69) is 0 Å². The first-order chi connectivity index (χ1) is 10.5. The first-order valence-corrected chi connectivity index (χ1v) is 7.55. The Morgan fingerprint density at radius 2 is 2.00 bits per heavy atom. The molecule has 0 saturated carbocycles. The number of aliphatic hydroxyl groups is 1. The fourth-order valence-corrected chi connectivity index (χ4v) is 2.90. The molecule has 6 heteroatoms. The second-order valence-electron chi connectivity index (χ2n) is 6.13. The molecule has 0 spiro atoms. The van der Waals surface area contributed by atoms with Crippen LogP contribution in [0.1, 0.15) is 19.4 Å². The van der Waals surface area contributed by atoms with Crippen LogP contribution in [0.2, 0.25) is 0 Å². The minimum atomic E-state index is -0.818. The van der Waals surface area contributed by atoms with Gasteiger partial charge in [-0.2, -0.15) is 0 Å². The molecule has 0 aromatic heterocycles. The zero-order chi connectivity index (χ0) is 15.7. The van der Waals surface area contributed by atoms with Crippen molar-refractivity contribution in [1.82, 2.24) is 0 Å². The van der Waals surface area contributed by atoms with Crippen LogP contribution in [-0.2, 0) is 25.6 Å². The largest absolute Gasteiger partial charge is 0.389 e. The molecular weight excluding hydrogens is 286 g/mol. The van der Waals surface area contributed by atoms with Gasteiger partial charge in [-0.3, -0.25) is 0 Å². The fourth-order valence-electron chi connectivity index (χ4n) is 2.90. The van der Waals surface area contributed by atoms with Crippen LogP contribution >= 0.6 is 0 Å². The number of hydrogen-bond acceptors (Lipinski definition) is 6. The van der Waals surface area contributed by atoms with Gasteiger partial charge in [-0.1, -0.05) is 30.3 Å². The maximum absolute atomic E-state index is 10.1. The molecular formula is C16H23NO5. The summed E-state index contributed by atoms with van der Waals surface area (Å²) >= 11 is 0. The number of hydrogen-bond donors (Lipinski definition) is 2. The summed E-state index contributed by atoms with van der Waals surface area (Å²) in [5, 5.41) is 10.1. The standard InChI is InChI=1S/C16H23NO5/c1-16(2)21-14-13(19-9-10-6-4-3-5-7-10)12(11(18)8-17)20-15(14)22-16/h3-7,11-15,18H,8-9,17H2,1-2H3. The van der Waals surface area contributed by atoms with E-state index >= 15 is 0 Å². The molecule has 5 atom stereocenters. The van der Waals surface area contributed by atoms with E-state index in [4.69, 9.17) is 24.7 Å². The molecule has 2 fully saturated rings. The predicted octanol–water partition coefficient (Wildman–Crippen LogP) is 0.768. The molecule has 2 aliphatic rings. The van der Waals surface area contributed by atoms with E-state index in [1.54, 1.807) is 0 Å². The lowest BCUT2D eigenvalue weighted by molar-refractivity contribution is -0.229. The quantitative estimate of drug-likeness (QED) is 0.836. The number of ether oxygens (including phenoxy) is 4. The van der Waals surface area contributed by atoms with Gasteiger partial charge in [0, 0.05) is 6.54 Å². The van der Waals surface area contributed by atoms with Gasteiger partial charge < -0.3 is 29.8 Å². The third kappa shape index (κ3) is 3.17. The van der Waals surface area contributed by atoms with Gasteiger partial charge in [0.25, 0.3) is 0 Å². The summed E-state index contributed by atoms with van der Waals surface area (Å²) in [5.41, 5.74) is 6.60. The Morgan fingerprint density at radius 1 is 1.27 bits per heavy atom. The van der Waals surface area contributed by atoms with Gasteiger partial charge in [0.15, 0.2) is 12.1 Å². The highest BCUT2D eigenvalue weighted by atomic mass is 16.8. The summed E-state index contributed by atoms with van der Waals surface area (Å²) < 4.78 is 23.3. The molecule has 2 saturated heterocycles. The van der Waals surface area contributed by atoms with Gasteiger partial charge in [-0.05, 0) is 19.4 Å².